The molecule has 2 aromatic carbocycles. The lowest BCUT2D eigenvalue weighted by Crippen LogP contribution is -2.17. The van der Waals surface area contributed by atoms with E-state index >= 15 is 0 Å². The van der Waals surface area contributed by atoms with Crippen molar-refractivity contribution in [2.24, 2.45) is 5.10 Å². The van der Waals surface area contributed by atoms with E-state index in [0.29, 0.717) is 15.6 Å². The van der Waals surface area contributed by atoms with Gasteiger partial charge in [0.25, 0.3) is 5.91 Å². The molecule has 0 radical (unpaired) electrons. The molecule has 0 spiro atoms. The molecule has 0 fully saturated rings. The van der Waals surface area contributed by atoms with Crippen molar-refractivity contribution in [3.8, 4) is 0 Å². The van der Waals surface area contributed by atoms with E-state index in [2.05, 4.69) is 10.5 Å². The van der Waals surface area contributed by atoms with Crippen molar-refractivity contribution in [2.75, 3.05) is 0 Å². The molecule has 0 bridgehead atoms. The zero-order valence-corrected chi connectivity index (χ0v) is 11.3. The Balaban J connectivity index is 2.03. The van der Waals surface area contributed by atoms with Crippen LogP contribution >= 0.6 is 23.2 Å². The Hall–Kier alpha value is -1.84. The summed E-state index contributed by atoms with van der Waals surface area (Å²) in [7, 11) is 0. The molecule has 1 N–H and O–H groups in total. The second-order valence-corrected chi connectivity index (χ2v) is 4.58. The average Bonchev–Trinajstić information content (AvgIpc) is 2.39. The number of hydrogen-bond acceptors (Lipinski definition) is 2. The molecular weight excluding hydrogens is 283 g/mol. The number of halogens is 2. The zero-order chi connectivity index (χ0) is 13.7. The third-order valence-corrected chi connectivity index (χ3v) is 2.91. The van der Waals surface area contributed by atoms with Gasteiger partial charge in [-0.2, -0.15) is 5.10 Å². The Morgan fingerprint density at radius 2 is 1.89 bits per heavy atom. The van der Waals surface area contributed by atoms with Gasteiger partial charge in [-0.25, -0.2) is 5.43 Å². The van der Waals surface area contributed by atoms with Crippen molar-refractivity contribution in [1.29, 1.82) is 0 Å². The molecule has 19 heavy (non-hydrogen) atoms. The normalized spacial score (nSPS) is 10.6. The maximum absolute atomic E-state index is 11.8. The van der Waals surface area contributed by atoms with E-state index in [1.807, 2.05) is 6.07 Å². The van der Waals surface area contributed by atoms with Crippen LogP contribution in [0.25, 0.3) is 0 Å². The largest absolute Gasteiger partial charge is 0.272 e. The minimum atomic E-state index is -0.358. The fourth-order valence-corrected chi connectivity index (χ4v) is 1.88. The van der Waals surface area contributed by atoms with Crippen molar-refractivity contribution in [3.63, 3.8) is 0 Å². The molecule has 0 aliphatic carbocycles. The molecule has 1 amide bonds. The number of benzene rings is 2. The zero-order valence-electron chi connectivity index (χ0n) is 9.81. The fourth-order valence-electron chi connectivity index (χ4n) is 1.46. The maximum Gasteiger partial charge on any atom is 0.272 e. The van der Waals surface area contributed by atoms with Crippen molar-refractivity contribution in [2.45, 2.75) is 0 Å². The fraction of sp³-hybridized carbons (Fsp3) is 0. The molecule has 0 aliphatic heterocycles. The number of amides is 1. The predicted molar refractivity (Wildman–Crippen MR) is 78.0 cm³/mol. The molecule has 0 aromatic heterocycles. The van der Waals surface area contributed by atoms with Gasteiger partial charge in [-0.1, -0.05) is 47.5 Å². The number of carbonyl (C=O) groups excluding carboxylic acids is 1. The van der Waals surface area contributed by atoms with Gasteiger partial charge in [-0.05, 0) is 29.8 Å². The first kappa shape index (κ1) is 13.6. The molecule has 0 aliphatic rings. The summed E-state index contributed by atoms with van der Waals surface area (Å²) in [6.45, 7) is 0. The molecule has 2 aromatic rings. The highest BCUT2D eigenvalue weighted by Gasteiger charge is 2.07. The van der Waals surface area contributed by atoms with Crippen LogP contribution in [0.3, 0.4) is 0 Å². The van der Waals surface area contributed by atoms with Crippen LogP contribution in [-0.4, -0.2) is 12.1 Å². The monoisotopic (exact) mass is 292 g/mol. The van der Waals surface area contributed by atoms with Crippen LogP contribution in [0.4, 0.5) is 0 Å². The van der Waals surface area contributed by atoms with Crippen LogP contribution < -0.4 is 5.43 Å². The second-order valence-electron chi connectivity index (χ2n) is 3.73. The summed E-state index contributed by atoms with van der Waals surface area (Å²) in [5.41, 5.74) is 3.59. The predicted octanol–water partition coefficient (Wildman–Crippen LogP) is 3.76. The van der Waals surface area contributed by atoms with E-state index in [1.54, 1.807) is 42.5 Å². The van der Waals surface area contributed by atoms with E-state index in [1.165, 1.54) is 6.21 Å². The van der Waals surface area contributed by atoms with E-state index in [9.17, 15) is 4.79 Å². The summed E-state index contributed by atoms with van der Waals surface area (Å²) in [5.74, 6) is -0.358. The summed E-state index contributed by atoms with van der Waals surface area (Å²) in [6, 6.07) is 13.9. The number of hydrogen-bond donors (Lipinski definition) is 1. The Bertz CT molecular complexity index is 626. The number of nitrogens with one attached hydrogen (secondary N) is 1. The number of rotatable bonds is 3. The van der Waals surface area contributed by atoms with E-state index in [0.717, 1.165) is 5.56 Å². The summed E-state index contributed by atoms with van der Waals surface area (Å²) < 4.78 is 0. The third kappa shape index (κ3) is 3.81. The van der Waals surface area contributed by atoms with Gasteiger partial charge in [0.1, 0.15) is 0 Å². The summed E-state index contributed by atoms with van der Waals surface area (Å²) >= 11 is 11.7. The van der Waals surface area contributed by atoms with Crippen LogP contribution in [-0.2, 0) is 0 Å². The molecule has 5 heteroatoms. The minimum Gasteiger partial charge on any atom is -0.267 e. The van der Waals surface area contributed by atoms with Crippen LogP contribution in [0.2, 0.25) is 10.0 Å². The highest BCUT2D eigenvalue weighted by atomic mass is 35.5. The van der Waals surface area contributed by atoms with Crippen molar-refractivity contribution >= 4 is 35.3 Å². The van der Waals surface area contributed by atoms with E-state index < -0.39 is 0 Å². The van der Waals surface area contributed by atoms with Gasteiger partial charge in [-0.15, -0.1) is 0 Å². The molecule has 96 valence electrons. The molecule has 0 saturated heterocycles. The lowest BCUT2D eigenvalue weighted by molar-refractivity contribution is 0.0955. The minimum absolute atomic E-state index is 0.358. The van der Waals surface area contributed by atoms with Gasteiger partial charge >= 0.3 is 0 Å². The molecule has 2 rings (SSSR count). The second kappa shape index (κ2) is 6.36. The molecular formula is C14H10Cl2N2O. The van der Waals surface area contributed by atoms with Crippen LogP contribution in [0, 0.1) is 0 Å². The lowest BCUT2D eigenvalue weighted by Gasteiger charge is -2.01. The van der Waals surface area contributed by atoms with Crippen molar-refractivity contribution in [1.82, 2.24) is 5.43 Å². The van der Waals surface area contributed by atoms with Crippen LogP contribution in [0.5, 0.6) is 0 Å². The van der Waals surface area contributed by atoms with Gasteiger partial charge in [0.15, 0.2) is 0 Å². The van der Waals surface area contributed by atoms with Gasteiger partial charge in [-0.3, -0.25) is 4.79 Å². The molecule has 3 nitrogen and oxygen atoms in total. The number of carbonyl (C=O) groups is 1. The van der Waals surface area contributed by atoms with Crippen molar-refractivity contribution < 1.29 is 4.79 Å². The van der Waals surface area contributed by atoms with Crippen molar-refractivity contribution in [3.05, 3.63) is 69.7 Å². The molecule has 0 saturated carbocycles. The average molecular weight is 293 g/mol. The summed E-state index contributed by atoms with van der Waals surface area (Å²) in [4.78, 5) is 11.8. The Kier molecular flexibility index (Phi) is 4.55. The first-order valence-corrected chi connectivity index (χ1v) is 6.26. The van der Waals surface area contributed by atoms with E-state index in [4.69, 9.17) is 23.2 Å². The standard InChI is InChI=1S/C14H10Cl2N2O/c15-11-5-3-4-10(8-11)9-17-18-14(19)12-6-1-2-7-13(12)16/h1-9H,(H,18,19)/b17-9+. The van der Waals surface area contributed by atoms with Crippen LogP contribution in [0.1, 0.15) is 15.9 Å². The molecule has 0 atom stereocenters. The summed E-state index contributed by atoms with van der Waals surface area (Å²) in [5, 5.41) is 4.86. The maximum atomic E-state index is 11.8. The molecule has 0 unspecified atom stereocenters. The van der Waals surface area contributed by atoms with Gasteiger partial charge < -0.3 is 0 Å². The summed E-state index contributed by atoms with van der Waals surface area (Å²) in [6.07, 6.45) is 1.51. The quantitative estimate of drug-likeness (QED) is 0.679. The highest BCUT2D eigenvalue weighted by molar-refractivity contribution is 6.33. The Labute approximate surface area is 120 Å². The van der Waals surface area contributed by atoms with E-state index in [-0.39, 0.29) is 5.91 Å². The Morgan fingerprint density at radius 3 is 2.63 bits per heavy atom. The highest BCUT2D eigenvalue weighted by Crippen LogP contribution is 2.14. The van der Waals surface area contributed by atoms with Gasteiger partial charge in [0.05, 0.1) is 16.8 Å². The Morgan fingerprint density at radius 1 is 1.11 bits per heavy atom. The lowest BCUT2D eigenvalue weighted by atomic mass is 10.2. The topological polar surface area (TPSA) is 41.5 Å². The van der Waals surface area contributed by atoms with Gasteiger partial charge in [0, 0.05) is 5.02 Å². The third-order valence-electron chi connectivity index (χ3n) is 2.35. The van der Waals surface area contributed by atoms with Crippen LogP contribution in [0.15, 0.2) is 53.6 Å². The SMILES string of the molecule is O=C(N/N=C/c1cccc(Cl)c1)c1ccccc1Cl. The molecule has 0 heterocycles. The first-order chi connectivity index (χ1) is 9.16. The smallest absolute Gasteiger partial charge is 0.267 e. The first-order valence-electron chi connectivity index (χ1n) is 5.50. The number of hydrazone groups is 1. The van der Waals surface area contributed by atoms with Gasteiger partial charge in [0.2, 0.25) is 0 Å². The number of nitrogens with zero attached hydrogens (tertiary/aromatic N) is 1.